The van der Waals surface area contributed by atoms with Crippen molar-refractivity contribution in [2.45, 2.75) is 67.2 Å². The number of anilines is 2. The molecule has 10 nitrogen and oxygen atoms in total. The molecule has 3 aromatic rings. The third kappa shape index (κ3) is 7.01. The molecule has 0 spiro atoms. The highest BCUT2D eigenvalue weighted by Gasteiger charge is 2.47. The molecule has 0 saturated carbocycles. The van der Waals surface area contributed by atoms with Crippen molar-refractivity contribution in [1.82, 2.24) is 0 Å². The summed E-state index contributed by atoms with van der Waals surface area (Å²) >= 11 is 0. The van der Waals surface area contributed by atoms with E-state index in [1.54, 1.807) is 36.2 Å². The Kier molecular flexibility index (Phi) is 9.65. The monoisotopic (exact) mass is 622 g/mol. The number of fused-ring (bicyclic) bond motifs is 1. The first-order valence-electron chi connectivity index (χ1n) is 15.9. The van der Waals surface area contributed by atoms with E-state index < -0.39 is 12.3 Å². The van der Waals surface area contributed by atoms with Crippen molar-refractivity contribution < 1.29 is 19.1 Å². The van der Waals surface area contributed by atoms with Gasteiger partial charge in [0.05, 0.1) is 12.8 Å². The van der Waals surface area contributed by atoms with E-state index in [0.29, 0.717) is 23.7 Å². The quantitative estimate of drug-likeness (QED) is 0.221. The minimum atomic E-state index is -0.638. The number of methoxy groups -OCH3 is 1. The third-order valence-corrected chi connectivity index (χ3v) is 8.01. The number of hydrogen-bond donors (Lipinski definition) is 1. The number of hydrogen-bond acceptors (Lipinski definition) is 8. The minimum Gasteiger partial charge on any atom is -0.497 e. The number of aryl methyl sites for hydroxylation is 1. The molecule has 240 valence electrons. The summed E-state index contributed by atoms with van der Waals surface area (Å²) < 4.78 is 11.1. The summed E-state index contributed by atoms with van der Waals surface area (Å²) in [5, 5.41) is 12.6. The van der Waals surface area contributed by atoms with Crippen LogP contribution >= 0.6 is 0 Å². The normalized spacial score (nSPS) is 17.2. The van der Waals surface area contributed by atoms with Crippen LogP contribution in [0.1, 0.15) is 65.3 Å². The topological polar surface area (TPSA) is 103 Å². The number of ether oxygens (including phenoxy) is 2. The van der Waals surface area contributed by atoms with Gasteiger partial charge < -0.3 is 19.7 Å². The summed E-state index contributed by atoms with van der Waals surface area (Å²) in [5.41, 5.74) is 6.05. The van der Waals surface area contributed by atoms with Crippen molar-refractivity contribution in [2.75, 3.05) is 30.4 Å². The van der Waals surface area contributed by atoms with Crippen molar-refractivity contribution in [2.24, 2.45) is 25.6 Å². The molecule has 0 radical (unpaired) electrons. The van der Waals surface area contributed by atoms with Gasteiger partial charge in [0.15, 0.2) is 11.8 Å². The van der Waals surface area contributed by atoms with Crippen LogP contribution in [0.2, 0.25) is 0 Å². The number of benzene rings is 3. The maximum atomic E-state index is 13.0. The van der Waals surface area contributed by atoms with E-state index in [4.69, 9.17) is 29.7 Å². The smallest absolute Gasteiger partial charge is 0.395 e. The van der Waals surface area contributed by atoms with Crippen molar-refractivity contribution >= 4 is 40.2 Å². The average molecular weight is 623 g/mol. The van der Waals surface area contributed by atoms with Gasteiger partial charge in [0.1, 0.15) is 17.2 Å². The first kappa shape index (κ1) is 32.5. The van der Waals surface area contributed by atoms with Crippen LogP contribution in [-0.4, -0.2) is 54.3 Å². The zero-order valence-corrected chi connectivity index (χ0v) is 28.0. The predicted octanol–water partition coefficient (Wildman–Crippen LogP) is 7.71. The first-order valence-corrected chi connectivity index (χ1v) is 15.9. The summed E-state index contributed by atoms with van der Waals surface area (Å²) in [4.78, 5) is 27.0. The second kappa shape index (κ2) is 13.6. The van der Waals surface area contributed by atoms with E-state index in [-0.39, 0.29) is 11.3 Å². The van der Waals surface area contributed by atoms with Crippen LogP contribution in [-0.2, 0) is 4.79 Å². The largest absolute Gasteiger partial charge is 0.497 e. The lowest BCUT2D eigenvalue weighted by atomic mass is 9.87. The van der Waals surface area contributed by atoms with E-state index in [1.165, 1.54) is 5.69 Å². The molecular weight excluding hydrogens is 578 g/mol. The molecular formula is C36H44N7O3+. The van der Waals surface area contributed by atoms with Crippen LogP contribution in [0.3, 0.4) is 0 Å². The van der Waals surface area contributed by atoms with E-state index in [0.717, 1.165) is 47.1 Å². The van der Waals surface area contributed by atoms with E-state index in [1.807, 2.05) is 31.2 Å². The van der Waals surface area contributed by atoms with E-state index in [9.17, 15) is 4.79 Å². The fourth-order valence-corrected chi connectivity index (χ4v) is 5.35. The van der Waals surface area contributed by atoms with Gasteiger partial charge in [-0.25, -0.2) is 4.99 Å². The molecule has 5 rings (SSSR count). The van der Waals surface area contributed by atoms with Crippen LogP contribution in [0.4, 0.5) is 17.1 Å². The average Bonchev–Trinajstić information content (AvgIpc) is 3.61. The van der Waals surface area contributed by atoms with Crippen molar-refractivity contribution in [3.8, 4) is 11.5 Å². The third-order valence-electron chi connectivity index (χ3n) is 8.01. The van der Waals surface area contributed by atoms with Gasteiger partial charge in [-0.15, -0.1) is 0 Å². The Bertz CT molecular complexity index is 1700. The molecule has 2 aliphatic heterocycles. The number of nitrogens with one attached hydrogen (secondary N) is 1. The second-order valence-corrected chi connectivity index (χ2v) is 12.3. The Balaban J connectivity index is 1.33. The second-order valence-electron chi connectivity index (χ2n) is 12.3. The maximum Gasteiger partial charge on any atom is 0.395 e. The number of amides is 1. The molecule has 0 aromatic heterocycles. The Hall–Kier alpha value is -4.86. The lowest BCUT2D eigenvalue weighted by Crippen LogP contribution is -2.32. The Morgan fingerprint density at radius 3 is 2.26 bits per heavy atom. The Morgan fingerprint density at radius 2 is 1.67 bits per heavy atom. The lowest BCUT2D eigenvalue weighted by Gasteiger charge is -2.21. The fourth-order valence-electron chi connectivity index (χ4n) is 5.35. The number of hydrazone groups is 1. The van der Waals surface area contributed by atoms with Crippen LogP contribution in [0, 0.1) is 12.3 Å². The van der Waals surface area contributed by atoms with Crippen LogP contribution in [0.25, 0.3) is 0 Å². The number of nitrogens with zero attached hydrogens (tertiary/aromatic N) is 6. The Labute approximate surface area is 271 Å². The molecule has 2 heterocycles. The molecule has 1 N–H and O–H groups in total. The summed E-state index contributed by atoms with van der Waals surface area (Å²) in [6.07, 6.45) is -0.589. The summed E-state index contributed by atoms with van der Waals surface area (Å²) in [6, 6.07) is 21.1. The van der Waals surface area contributed by atoms with E-state index >= 15 is 0 Å². The highest BCUT2D eigenvalue weighted by atomic mass is 16.5. The standard InChI is InChI=1S/C36H43N7O3/c1-9-30(46-28-19-17-27(45-8)18-20-28)35(44)37-25-14-12-24(13-15-25)33-39-34-31(32(36(5,6)7)40-43(34)41-33)38-29-21-16-26(22-23(29)4)42(10-2)11-3/h12-22,30,33H,9-11H2,1-8H3/p+1. The Morgan fingerprint density at radius 1 is 1.00 bits per heavy atom. The molecule has 3 aromatic carbocycles. The van der Waals surface area contributed by atoms with Gasteiger partial charge in [-0.05, 0) is 97.5 Å². The number of carbonyl (C=O) groups is 1. The van der Waals surface area contributed by atoms with Crippen LogP contribution in [0.5, 0.6) is 11.5 Å². The molecule has 2 aliphatic rings. The highest BCUT2D eigenvalue weighted by molar-refractivity contribution is 6.69. The summed E-state index contributed by atoms with van der Waals surface area (Å²) in [5.74, 6) is 1.75. The number of amidine groups is 1. The first-order chi connectivity index (χ1) is 22.0. The molecule has 0 aliphatic carbocycles. The van der Waals surface area contributed by atoms with Gasteiger partial charge in [0.25, 0.3) is 12.1 Å². The van der Waals surface area contributed by atoms with Gasteiger partial charge in [-0.1, -0.05) is 44.9 Å². The zero-order chi connectivity index (χ0) is 33.0. The highest BCUT2D eigenvalue weighted by Crippen LogP contribution is 2.33. The fraction of sp³-hybridized carbons (Fsp3) is 0.389. The van der Waals surface area contributed by atoms with Gasteiger partial charge >= 0.3 is 5.84 Å². The van der Waals surface area contributed by atoms with E-state index in [2.05, 4.69) is 70.0 Å². The minimum absolute atomic E-state index is 0.220. The number of azo groups is 1. The van der Waals surface area contributed by atoms with Gasteiger partial charge in [0, 0.05) is 40.2 Å². The number of carbonyl (C=O) groups excluding carboxylic acids is 1. The van der Waals surface area contributed by atoms with Gasteiger partial charge in [-0.3, -0.25) is 4.79 Å². The predicted molar refractivity (Wildman–Crippen MR) is 184 cm³/mol. The molecule has 0 bridgehead atoms. The van der Waals surface area contributed by atoms with Crippen molar-refractivity contribution in [3.05, 3.63) is 77.9 Å². The molecule has 0 saturated heterocycles. The van der Waals surface area contributed by atoms with Crippen LogP contribution in [0.15, 0.2) is 86.9 Å². The lowest BCUT2D eigenvalue weighted by molar-refractivity contribution is -0.478. The molecule has 46 heavy (non-hydrogen) atoms. The molecule has 0 fully saturated rings. The van der Waals surface area contributed by atoms with Gasteiger partial charge in [-0.2, -0.15) is 0 Å². The molecule has 2 unspecified atom stereocenters. The van der Waals surface area contributed by atoms with Gasteiger partial charge in [0.2, 0.25) is 0 Å². The van der Waals surface area contributed by atoms with Crippen LogP contribution < -0.4 is 19.7 Å². The number of aliphatic imine (C=N–C) groups is 2. The summed E-state index contributed by atoms with van der Waals surface area (Å²) in [6.45, 7) is 16.6. The maximum absolute atomic E-state index is 13.0. The molecule has 1 amide bonds. The summed E-state index contributed by atoms with van der Waals surface area (Å²) in [7, 11) is 1.61. The van der Waals surface area contributed by atoms with Crippen molar-refractivity contribution in [1.29, 1.82) is 0 Å². The number of rotatable bonds is 11. The molecule has 10 heteroatoms. The molecule has 2 atom stereocenters. The zero-order valence-electron chi connectivity index (χ0n) is 28.0. The van der Waals surface area contributed by atoms with Crippen molar-refractivity contribution in [3.63, 3.8) is 0 Å². The SMILES string of the molecule is CCC(Oc1ccc(OC)cc1)C(=O)Nc1ccc(C2N=C3C(=Nc4ccc(N(CC)CC)cc4C)C(C(C)(C)C)=N[N+]3=N2)cc1.